The molecule has 1 saturated heterocycles. The number of ether oxygens (including phenoxy) is 2. The molecule has 1 heterocycles. The zero-order chi connectivity index (χ0) is 19.2. The molecule has 0 unspecified atom stereocenters. The lowest BCUT2D eigenvalue weighted by molar-refractivity contribution is -0.0679. The van der Waals surface area contributed by atoms with Gasteiger partial charge in [-0.05, 0) is 57.0 Å². The molecule has 26 heavy (non-hydrogen) atoms. The normalized spacial score (nSPS) is 21.9. The third kappa shape index (κ3) is 6.87. The second-order valence-corrected chi connectivity index (χ2v) is 9.21. The molecule has 1 N–H and O–H groups in total. The molecule has 0 saturated carbocycles. The van der Waals surface area contributed by atoms with Crippen molar-refractivity contribution in [3.05, 3.63) is 24.3 Å². The zero-order valence-corrected chi connectivity index (χ0v) is 17.1. The van der Waals surface area contributed by atoms with Crippen molar-refractivity contribution in [3.8, 4) is 5.75 Å². The van der Waals surface area contributed by atoms with Crippen LogP contribution in [0.1, 0.15) is 34.1 Å². The fourth-order valence-corrected chi connectivity index (χ4v) is 4.11. The molecule has 0 bridgehead atoms. The maximum atomic E-state index is 12.4. The summed E-state index contributed by atoms with van der Waals surface area (Å²) < 4.78 is 38.7. The van der Waals surface area contributed by atoms with Gasteiger partial charge in [0.15, 0.2) is 0 Å². The summed E-state index contributed by atoms with van der Waals surface area (Å²) in [5, 5.41) is 0. The highest BCUT2D eigenvalue weighted by Crippen LogP contribution is 2.17. The number of benzene rings is 1. The van der Waals surface area contributed by atoms with E-state index in [1.54, 1.807) is 24.3 Å². The van der Waals surface area contributed by atoms with Crippen LogP contribution in [0.25, 0.3) is 0 Å². The van der Waals surface area contributed by atoms with Gasteiger partial charge in [0, 0.05) is 19.6 Å². The van der Waals surface area contributed by atoms with E-state index in [2.05, 4.69) is 37.3 Å². The highest BCUT2D eigenvalue weighted by molar-refractivity contribution is 7.89. The van der Waals surface area contributed by atoms with Crippen LogP contribution in [0.4, 0.5) is 0 Å². The third-order valence-electron chi connectivity index (χ3n) is 4.16. The molecule has 1 aliphatic heterocycles. The van der Waals surface area contributed by atoms with Crippen molar-refractivity contribution in [2.45, 2.75) is 51.2 Å². The van der Waals surface area contributed by atoms with Crippen molar-refractivity contribution in [2.75, 3.05) is 32.8 Å². The highest BCUT2D eigenvalue weighted by atomic mass is 32.2. The Bertz CT molecular complexity index is 636. The summed E-state index contributed by atoms with van der Waals surface area (Å²) in [6.07, 6.45) is 1.23. The highest BCUT2D eigenvalue weighted by Gasteiger charge is 2.21. The van der Waals surface area contributed by atoms with Crippen LogP contribution in [0.15, 0.2) is 29.2 Å². The Morgan fingerprint density at radius 2 is 1.81 bits per heavy atom. The molecule has 1 fully saturated rings. The molecule has 2 rings (SSSR count). The van der Waals surface area contributed by atoms with Crippen LogP contribution in [-0.4, -0.2) is 58.3 Å². The number of rotatable bonds is 9. The fraction of sp³-hybridized carbons (Fsp3) is 0.684. The van der Waals surface area contributed by atoms with Crippen LogP contribution in [0.2, 0.25) is 0 Å². The van der Waals surface area contributed by atoms with Gasteiger partial charge in [-0.15, -0.1) is 0 Å². The second-order valence-electron chi connectivity index (χ2n) is 7.44. The first-order valence-corrected chi connectivity index (χ1v) is 10.8. The minimum Gasteiger partial charge on any atom is -0.493 e. The van der Waals surface area contributed by atoms with E-state index in [1.807, 2.05) is 0 Å². The quantitative estimate of drug-likeness (QED) is 0.663. The van der Waals surface area contributed by atoms with E-state index in [4.69, 9.17) is 9.47 Å². The Balaban J connectivity index is 1.77. The van der Waals surface area contributed by atoms with Crippen LogP contribution in [0, 0.1) is 5.92 Å². The molecule has 1 aliphatic rings. The van der Waals surface area contributed by atoms with Gasteiger partial charge < -0.3 is 9.47 Å². The molecule has 0 spiro atoms. The summed E-state index contributed by atoms with van der Waals surface area (Å²) in [7, 11) is -3.48. The first kappa shape index (κ1) is 21.2. The largest absolute Gasteiger partial charge is 0.493 e. The van der Waals surface area contributed by atoms with Crippen LogP contribution in [-0.2, 0) is 14.8 Å². The standard InChI is InChI=1S/C19H32N2O4S/c1-15(2)14-24-18-6-8-19(9-7-18)26(22,23)20-10-5-11-21-12-16(3)25-17(4)13-21/h6-9,15-17,20H,5,10-14H2,1-4H3/t16-,17-/m0/s1. The predicted octanol–water partition coefficient (Wildman–Crippen LogP) is 2.50. The van der Waals surface area contributed by atoms with Gasteiger partial charge >= 0.3 is 0 Å². The topological polar surface area (TPSA) is 67.9 Å². The van der Waals surface area contributed by atoms with Crippen LogP contribution >= 0.6 is 0 Å². The van der Waals surface area contributed by atoms with Gasteiger partial charge in [0.25, 0.3) is 0 Å². The molecule has 1 aromatic carbocycles. The van der Waals surface area contributed by atoms with E-state index < -0.39 is 10.0 Å². The van der Waals surface area contributed by atoms with Gasteiger partial charge in [0.2, 0.25) is 10.0 Å². The summed E-state index contributed by atoms with van der Waals surface area (Å²) in [4.78, 5) is 2.59. The minimum absolute atomic E-state index is 0.229. The van der Waals surface area contributed by atoms with Crippen molar-refractivity contribution >= 4 is 10.0 Å². The molecule has 0 aromatic heterocycles. The predicted molar refractivity (Wildman–Crippen MR) is 103 cm³/mol. The minimum atomic E-state index is -3.48. The molecule has 7 heteroatoms. The van der Waals surface area contributed by atoms with Crippen LogP contribution in [0.3, 0.4) is 0 Å². The van der Waals surface area contributed by atoms with Crippen LogP contribution in [0.5, 0.6) is 5.75 Å². The van der Waals surface area contributed by atoms with Crippen molar-refractivity contribution in [2.24, 2.45) is 5.92 Å². The lowest BCUT2D eigenvalue weighted by atomic mass is 10.2. The Hall–Kier alpha value is -1.15. The second kappa shape index (κ2) is 9.69. The van der Waals surface area contributed by atoms with Gasteiger partial charge in [0.1, 0.15) is 5.75 Å². The Kier molecular flexibility index (Phi) is 7.88. The van der Waals surface area contributed by atoms with Crippen molar-refractivity contribution in [1.82, 2.24) is 9.62 Å². The van der Waals surface area contributed by atoms with E-state index in [1.165, 1.54) is 0 Å². The van der Waals surface area contributed by atoms with E-state index in [0.717, 1.165) is 26.1 Å². The SMILES string of the molecule is CC(C)COc1ccc(S(=O)(=O)NCCCN2C[C@H](C)O[C@@H](C)C2)cc1. The van der Waals surface area contributed by atoms with E-state index in [0.29, 0.717) is 24.8 Å². The van der Waals surface area contributed by atoms with Gasteiger partial charge in [0.05, 0.1) is 23.7 Å². The number of nitrogens with zero attached hydrogens (tertiary/aromatic N) is 1. The molecule has 0 radical (unpaired) electrons. The van der Waals surface area contributed by atoms with Crippen molar-refractivity contribution in [1.29, 1.82) is 0 Å². The van der Waals surface area contributed by atoms with E-state index in [9.17, 15) is 8.42 Å². The summed E-state index contributed by atoms with van der Waals surface area (Å²) in [6, 6.07) is 6.58. The van der Waals surface area contributed by atoms with Gasteiger partial charge in [-0.1, -0.05) is 13.8 Å². The Morgan fingerprint density at radius 3 is 2.38 bits per heavy atom. The lowest BCUT2D eigenvalue weighted by Crippen LogP contribution is -2.46. The molecule has 2 atom stereocenters. The molecule has 1 aromatic rings. The van der Waals surface area contributed by atoms with Crippen LogP contribution < -0.4 is 9.46 Å². The molecule has 6 nitrogen and oxygen atoms in total. The molecule has 148 valence electrons. The molecule has 0 amide bonds. The maximum absolute atomic E-state index is 12.4. The number of nitrogens with one attached hydrogen (secondary N) is 1. The maximum Gasteiger partial charge on any atom is 0.240 e. The van der Waals surface area contributed by atoms with Crippen molar-refractivity contribution in [3.63, 3.8) is 0 Å². The third-order valence-corrected chi connectivity index (χ3v) is 5.63. The Morgan fingerprint density at radius 1 is 1.19 bits per heavy atom. The first-order chi connectivity index (χ1) is 12.3. The molecular formula is C19H32N2O4S. The fourth-order valence-electron chi connectivity index (χ4n) is 3.04. The van der Waals surface area contributed by atoms with Gasteiger partial charge in [-0.25, -0.2) is 13.1 Å². The first-order valence-electron chi connectivity index (χ1n) is 9.36. The number of hydrogen-bond acceptors (Lipinski definition) is 5. The Labute approximate surface area is 157 Å². The van der Waals surface area contributed by atoms with E-state index in [-0.39, 0.29) is 17.1 Å². The van der Waals surface area contributed by atoms with Gasteiger partial charge in [-0.2, -0.15) is 0 Å². The van der Waals surface area contributed by atoms with Crippen molar-refractivity contribution < 1.29 is 17.9 Å². The number of morpholine rings is 1. The average Bonchev–Trinajstić information content (AvgIpc) is 2.56. The summed E-state index contributed by atoms with van der Waals surface area (Å²) in [5.41, 5.74) is 0. The molecular weight excluding hydrogens is 352 g/mol. The molecule has 0 aliphatic carbocycles. The smallest absolute Gasteiger partial charge is 0.240 e. The zero-order valence-electron chi connectivity index (χ0n) is 16.3. The van der Waals surface area contributed by atoms with Gasteiger partial charge in [-0.3, -0.25) is 4.90 Å². The van der Waals surface area contributed by atoms with E-state index >= 15 is 0 Å². The number of sulfonamides is 1. The number of hydrogen-bond donors (Lipinski definition) is 1. The summed E-state index contributed by atoms with van der Waals surface area (Å²) in [5.74, 6) is 1.12. The monoisotopic (exact) mass is 384 g/mol. The summed E-state index contributed by atoms with van der Waals surface area (Å²) in [6.45, 7) is 12.0. The summed E-state index contributed by atoms with van der Waals surface area (Å²) >= 11 is 0. The lowest BCUT2D eigenvalue weighted by Gasteiger charge is -2.35. The average molecular weight is 385 g/mol.